The van der Waals surface area contributed by atoms with Gasteiger partial charge >= 0.3 is 6.03 Å². The van der Waals surface area contributed by atoms with Crippen LogP contribution in [0.5, 0.6) is 5.75 Å². The minimum absolute atomic E-state index is 0.00588. The van der Waals surface area contributed by atoms with Crippen LogP contribution in [-0.4, -0.2) is 56.8 Å². The molecule has 3 heterocycles. The number of aromatic hydroxyl groups is 1. The molecular weight excluding hydrogens is 448 g/mol. The zero-order valence-electron chi connectivity index (χ0n) is 16.8. The minimum atomic E-state index is 0.00588. The van der Waals surface area contributed by atoms with Crippen LogP contribution in [-0.2, 0) is 0 Å². The zero-order chi connectivity index (χ0) is 21.1. The summed E-state index contributed by atoms with van der Waals surface area (Å²) in [6, 6.07) is 9.05. The van der Waals surface area contributed by atoms with E-state index in [1.54, 1.807) is 22.8 Å². The molecule has 2 aromatic heterocycles. The molecule has 0 aliphatic carbocycles. The highest BCUT2D eigenvalue weighted by Gasteiger charge is 2.23. The number of hydrogen-bond acceptors (Lipinski definition) is 5. The number of para-hydroxylation sites is 1. The second-order valence-corrected chi connectivity index (χ2v) is 8.30. The first-order valence-corrected chi connectivity index (χ1v) is 11.0. The highest BCUT2D eigenvalue weighted by molar-refractivity contribution is 9.10. The molecule has 1 unspecified atom stereocenters. The summed E-state index contributed by atoms with van der Waals surface area (Å²) < 4.78 is 2.53. The molecule has 0 radical (unpaired) electrons. The first-order valence-electron chi connectivity index (χ1n) is 10.2. The van der Waals surface area contributed by atoms with Crippen molar-refractivity contribution in [2.24, 2.45) is 5.92 Å². The molecule has 3 N–H and O–H groups in total. The van der Waals surface area contributed by atoms with Crippen molar-refractivity contribution in [1.82, 2.24) is 24.8 Å². The van der Waals surface area contributed by atoms with Crippen LogP contribution in [0.15, 0.2) is 41.0 Å². The van der Waals surface area contributed by atoms with Crippen LogP contribution in [0.1, 0.15) is 19.8 Å². The summed E-state index contributed by atoms with van der Waals surface area (Å²) in [6.07, 6.45) is 3.76. The van der Waals surface area contributed by atoms with Gasteiger partial charge in [-0.2, -0.15) is 9.61 Å². The number of nitrogens with one attached hydrogen (secondary N) is 2. The van der Waals surface area contributed by atoms with Gasteiger partial charge < -0.3 is 20.6 Å². The number of hydrogen-bond donors (Lipinski definition) is 3. The highest BCUT2D eigenvalue weighted by Crippen LogP contribution is 2.31. The number of urea groups is 1. The first-order chi connectivity index (χ1) is 14.6. The van der Waals surface area contributed by atoms with Crippen LogP contribution in [0.4, 0.5) is 10.6 Å². The molecule has 0 bridgehead atoms. The Kier molecular flexibility index (Phi) is 6.08. The van der Waals surface area contributed by atoms with Gasteiger partial charge in [0.25, 0.3) is 0 Å². The lowest BCUT2D eigenvalue weighted by Gasteiger charge is -2.33. The van der Waals surface area contributed by atoms with E-state index >= 15 is 0 Å². The Labute approximate surface area is 183 Å². The van der Waals surface area contributed by atoms with Gasteiger partial charge in [-0.15, -0.1) is 0 Å². The zero-order valence-corrected chi connectivity index (χ0v) is 18.4. The molecule has 4 rings (SSSR count). The lowest BCUT2D eigenvalue weighted by atomic mass is 9.98. The summed E-state index contributed by atoms with van der Waals surface area (Å²) in [4.78, 5) is 18.7. The Morgan fingerprint density at radius 3 is 3.00 bits per heavy atom. The number of likely N-dealkylation sites (tertiary alicyclic amines) is 1. The van der Waals surface area contributed by atoms with Crippen LogP contribution in [0.2, 0.25) is 0 Å². The molecule has 9 heteroatoms. The average Bonchev–Trinajstić information content (AvgIpc) is 3.13. The van der Waals surface area contributed by atoms with Gasteiger partial charge in [0.15, 0.2) is 5.65 Å². The van der Waals surface area contributed by atoms with E-state index in [9.17, 15) is 9.90 Å². The Morgan fingerprint density at radius 2 is 2.20 bits per heavy atom. The molecule has 1 aliphatic heterocycles. The fraction of sp³-hybridized carbons (Fsp3) is 0.381. The van der Waals surface area contributed by atoms with Crippen molar-refractivity contribution in [1.29, 1.82) is 0 Å². The van der Waals surface area contributed by atoms with Gasteiger partial charge in [-0.25, -0.2) is 9.78 Å². The van der Waals surface area contributed by atoms with Crippen molar-refractivity contribution < 1.29 is 9.90 Å². The van der Waals surface area contributed by atoms with Gasteiger partial charge in [0.2, 0.25) is 0 Å². The monoisotopic (exact) mass is 472 g/mol. The second kappa shape index (κ2) is 8.91. The van der Waals surface area contributed by atoms with Crippen LogP contribution in [0, 0.1) is 5.92 Å². The molecule has 2 amide bonds. The van der Waals surface area contributed by atoms with E-state index in [1.807, 2.05) is 30.0 Å². The molecule has 1 atom stereocenters. The van der Waals surface area contributed by atoms with Gasteiger partial charge in [0, 0.05) is 37.8 Å². The van der Waals surface area contributed by atoms with E-state index in [1.165, 1.54) is 0 Å². The summed E-state index contributed by atoms with van der Waals surface area (Å²) in [5.74, 6) is 1.32. The third-order valence-electron chi connectivity index (χ3n) is 5.31. The number of carbonyl (C=O) groups excluding carboxylic acids is 1. The van der Waals surface area contributed by atoms with Crippen molar-refractivity contribution in [2.45, 2.75) is 19.8 Å². The molecule has 1 fully saturated rings. The molecule has 3 aromatic rings. The predicted octanol–water partition coefficient (Wildman–Crippen LogP) is 3.72. The Bertz CT molecular complexity index is 1050. The van der Waals surface area contributed by atoms with Gasteiger partial charge in [-0.05, 0) is 53.7 Å². The number of benzene rings is 1. The minimum Gasteiger partial charge on any atom is -0.507 e. The highest BCUT2D eigenvalue weighted by atomic mass is 79.9. The van der Waals surface area contributed by atoms with Crippen molar-refractivity contribution in [3.8, 4) is 17.0 Å². The molecule has 158 valence electrons. The standard InChI is InChI=1S/C21H25BrN6O2/c1-2-23-21(30)27-9-5-6-14(13-27)11-24-19-10-17(15-7-3-4-8-18(15)29)26-20-16(22)12-25-28(19)20/h3-4,7-8,10,12,14,24,29H,2,5-6,9,11,13H2,1H3,(H,23,30). The topological polar surface area (TPSA) is 94.8 Å². The summed E-state index contributed by atoms with van der Waals surface area (Å²) in [7, 11) is 0. The van der Waals surface area contributed by atoms with Gasteiger partial charge in [-0.1, -0.05) is 12.1 Å². The first kappa shape index (κ1) is 20.5. The Balaban J connectivity index is 1.57. The van der Waals surface area contributed by atoms with E-state index in [2.05, 4.69) is 36.6 Å². The molecule has 1 aliphatic rings. The maximum absolute atomic E-state index is 12.2. The number of fused-ring (bicyclic) bond motifs is 1. The third kappa shape index (κ3) is 4.21. The Morgan fingerprint density at radius 1 is 1.37 bits per heavy atom. The molecule has 0 saturated carbocycles. The average molecular weight is 473 g/mol. The van der Waals surface area contributed by atoms with Crippen LogP contribution in [0.25, 0.3) is 16.9 Å². The van der Waals surface area contributed by atoms with E-state index in [0.717, 1.165) is 36.2 Å². The largest absolute Gasteiger partial charge is 0.507 e. The molecule has 8 nitrogen and oxygen atoms in total. The summed E-state index contributed by atoms with van der Waals surface area (Å²) in [5, 5.41) is 21.1. The number of amides is 2. The third-order valence-corrected chi connectivity index (χ3v) is 5.87. The number of anilines is 1. The fourth-order valence-corrected chi connectivity index (χ4v) is 4.17. The lowest BCUT2D eigenvalue weighted by molar-refractivity contribution is 0.169. The molecular formula is C21H25BrN6O2. The van der Waals surface area contributed by atoms with Crippen molar-refractivity contribution >= 4 is 33.4 Å². The number of piperidine rings is 1. The number of aromatic nitrogens is 3. The van der Waals surface area contributed by atoms with Crippen molar-refractivity contribution in [2.75, 3.05) is 31.5 Å². The van der Waals surface area contributed by atoms with E-state index < -0.39 is 0 Å². The molecule has 0 spiro atoms. The molecule has 30 heavy (non-hydrogen) atoms. The van der Waals surface area contributed by atoms with E-state index in [4.69, 9.17) is 0 Å². The SMILES string of the molecule is CCNC(=O)N1CCCC(CNc2cc(-c3ccccc3O)nc3c(Br)cnn23)C1. The lowest BCUT2D eigenvalue weighted by Crippen LogP contribution is -2.46. The van der Waals surface area contributed by atoms with Crippen molar-refractivity contribution in [3.05, 3.63) is 41.0 Å². The summed E-state index contributed by atoms with van der Waals surface area (Å²) in [6.45, 7) is 4.80. The van der Waals surface area contributed by atoms with Crippen LogP contribution in [0.3, 0.4) is 0 Å². The number of phenols is 1. The van der Waals surface area contributed by atoms with Crippen molar-refractivity contribution in [3.63, 3.8) is 0 Å². The quantitative estimate of drug-likeness (QED) is 0.525. The number of carbonyl (C=O) groups is 1. The van der Waals surface area contributed by atoms with Gasteiger partial charge in [0.1, 0.15) is 11.6 Å². The molecule has 1 saturated heterocycles. The molecule has 1 aromatic carbocycles. The smallest absolute Gasteiger partial charge is 0.317 e. The maximum Gasteiger partial charge on any atom is 0.317 e. The fourth-order valence-electron chi connectivity index (χ4n) is 3.82. The van der Waals surface area contributed by atoms with Gasteiger partial charge in [-0.3, -0.25) is 0 Å². The number of nitrogens with zero attached hydrogens (tertiary/aromatic N) is 4. The number of phenolic OH excluding ortho intramolecular Hbond substituents is 1. The summed E-state index contributed by atoms with van der Waals surface area (Å²) in [5.41, 5.74) is 2.00. The normalized spacial score (nSPS) is 16.6. The van der Waals surface area contributed by atoms with E-state index in [0.29, 0.717) is 35.9 Å². The Hall–Kier alpha value is -2.81. The maximum atomic E-state index is 12.2. The van der Waals surface area contributed by atoms with Gasteiger partial charge in [0.05, 0.1) is 16.4 Å². The summed E-state index contributed by atoms with van der Waals surface area (Å²) >= 11 is 3.51. The van der Waals surface area contributed by atoms with E-state index in [-0.39, 0.29) is 11.8 Å². The van der Waals surface area contributed by atoms with Crippen LogP contribution >= 0.6 is 15.9 Å². The van der Waals surface area contributed by atoms with Crippen LogP contribution < -0.4 is 10.6 Å². The number of halogens is 1. The predicted molar refractivity (Wildman–Crippen MR) is 120 cm³/mol. The second-order valence-electron chi connectivity index (χ2n) is 7.44. The number of rotatable bonds is 5.